The Kier molecular flexibility index (Phi) is 4.01. The molecule has 0 bridgehead atoms. The summed E-state index contributed by atoms with van der Waals surface area (Å²) in [5.41, 5.74) is -0.0837. The Labute approximate surface area is 107 Å². The highest BCUT2D eigenvalue weighted by Crippen LogP contribution is 2.17. The van der Waals surface area contributed by atoms with Gasteiger partial charge in [0.05, 0.1) is 6.07 Å². The molecule has 2 heterocycles. The fraction of sp³-hybridized carbons (Fsp3) is 0.692. The summed E-state index contributed by atoms with van der Waals surface area (Å²) >= 11 is 0. The maximum Gasteiger partial charge on any atom is 0.256 e. The van der Waals surface area contributed by atoms with Crippen molar-refractivity contribution in [3.63, 3.8) is 0 Å². The van der Waals surface area contributed by atoms with Gasteiger partial charge in [-0.15, -0.1) is 0 Å². The number of aromatic nitrogens is 2. The van der Waals surface area contributed by atoms with E-state index in [4.69, 9.17) is 4.74 Å². The lowest BCUT2D eigenvalue weighted by molar-refractivity contribution is 0.0809. The topological polar surface area (TPSA) is 47.4 Å². The molecule has 1 aliphatic heterocycles. The van der Waals surface area contributed by atoms with E-state index in [0.29, 0.717) is 11.9 Å². The van der Waals surface area contributed by atoms with Gasteiger partial charge >= 0.3 is 0 Å². The van der Waals surface area contributed by atoms with E-state index in [9.17, 15) is 4.79 Å². The van der Waals surface area contributed by atoms with Gasteiger partial charge in [-0.3, -0.25) is 4.79 Å². The summed E-state index contributed by atoms with van der Waals surface area (Å²) in [7, 11) is 1.68. The highest BCUT2D eigenvalue weighted by atomic mass is 16.5. The summed E-state index contributed by atoms with van der Waals surface area (Å²) in [5, 5.41) is 0. The second-order valence-corrected chi connectivity index (χ2v) is 5.12. The fourth-order valence-corrected chi connectivity index (χ4v) is 2.19. The van der Waals surface area contributed by atoms with E-state index in [2.05, 4.69) is 23.7 Å². The first-order chi connectivity index (χ1) is 8.56. The first-order valence-electron chi connectivity index (χ1n) is 6.49. The van der Waals surface area contributed by atoms with Crippen LogP contribution in [0.2, 0.25) is 0 Å². The molecular weight excluding hydrogens is 230 g/mol. The zero-order chi connectivity index (χ0) is 13.1. The minimum absolute atomic E-state index is 0.0837. The fourth-order valence-electron chi connectivity index (χ4n) is 2.19. The molecule has 0 aromatic carbocycles. The largest absolute Gasteiger partial charge is 0.474 e. The van der Waals surface area contributed by atoms with Gasteiger partial charge in [-0.1, -0.05) is 0 Å². The first-order valence-corrected chi connectivity index (χ1v) is 6.49. The highest BCUT2D eigenvalue weighted by molar-refractivity contribution is 5.06. The molecule has 0 saturated carbocycles. The predicted molar refractivity (Wildman–Crippen MR) is 69.8 cm³/mol. The zero-order valence-electron chi connectivity index (χ0n) is 11.3. The van der Waals surface area contributed by atoms with Gasteiger partial charge in [0.15, 0.2) is 0 Å². The third-order valence-corrected chi connectivity index (χ3v) is 3.45. The molecule has 0 radical (unpaired) electrons. The molecule has 1 fully saturated rings. The summed E-state index contributed by atoms with van der Waals surface area (Å²) in [6, 6.07) is 2.04. The number of hydrogen-bond donors (Lipinski definition) is 0. The molecule has 0 atom stereocenters. The lowest BCUT2D eigenvalue weighted by atomic mass is 10.1. The number of likely N-dealkylation sites (tertiary alicyclic amines) is 1. The van der Waals surface area contributed by atoms with E-state index in [1.807, 2.05) is 0 Å². The number of hydrogen-bond acceptors (Lipinski definition) is 4. The molecule has 0 aliphatic carbocycles. The minimum atomic E-state index is -0.0837. The molecule has 1 aliphatic rings. The quantitative estimate of drug-likeness (QED) is 0.805. The first kappa shape index (κ1) is 13.1. The van der Waals surface area contributed by atoms with Crippen molar-refractivity contribution in [2.45, 2.75) is 38.8 Å². The number of nitrogens with zero attached hydrogens (tertiary/aromatic N) is 3. The normalized spacial score (nSPS) is 18.2. The summed E-state index contributed by atoms with van der Waals surface area (Å²) in [6.07, 6.45) is 3.67. The van der Waals surface area contributed by atoms with Crippen molar-refractivity contribution in [3.05, 3.63) is 22.7 Å². The molecule has 18 heavy (non-hydrogen) atoms. The predicted octanol–water partition coefficient (Wildman–Crippen LogP) is 1.03. The van der Waals surface area contributed by atoms with Gasteiger partial charge in [0.1, 0.15) is 12.4 Å². The number of rotatable bonds is 3. The van der Waals surface area contributed by atoms with Crippen molar-refractivity contribution in [2.75, 3.05) is 13.1 Å². The SMILES string of the molecule is CC(C)N1CCC(Oc2cc(=O)n(C)cn2)CC1. The van der Waals surface area contributed by atoms with Crippen LogP contribution in [0.5, 0.6) is 5.88 Å². The molecule has 0 N–H and O–H groups in total. The second-order valence-electron chi connectivity index (χ2n) is 5.12. The van der Waals surface area contributed by atoms with Gasteiger partial charge in [0.25, 0.3) is 5.56 Å². The van der Waals surface area contributed by atoms with Crippen molar-refractivity contribution < 1.29 is 4.74 Å². The summed E-state index contributed by atoms with van der Waals surface area (Å²) in [4.78, 5) is 18.0. The van der Waals surface area contributed by atoms with Gasteiger partial charge in [0, 0.05) is 26.2 Å². The molecule has 0 unspecified atom stereocenters. The average molecular weight is 251 g/mol. The van der Waals surface area contributed by atoms with Gasteiger partial charge < -0.3 is 14.2 Å². The van der Waals surface area contributed by atoms with E-state index in [1.165, 1.54) is 17.0 Å². The average Bonchev–Trinajstić information content (AvgIpc) is 2.34. The second kappa shape index (κ2) is 5.52. The van der Waals surface area contributed by atoms with E-state index >= 15 is 0 Å². The molecule has 5 nitrogen and oxygen atoms in total. The summed E-state index contributed by atoms with van der Waals surface area (Å²) < 4.78 is 7.21. The molecule has 1 aromatic rings. The van der Waals surface area contributed by atoms with Crippen LogP contribution >= 0.6 is 0 Å². The molecule has 0 amide bonds. The van der Waals surface area contributed by atoms with E-state index in [-0.39, 0.29) is 11.7 Å². The smallest absolute Gasteiger partial charge is 0.256 e. The maximum absolute atomic E-state index is 11.5. The van der Waals surface area contributed by atoms with Gasteiger partial charge in [0.2, 0.25) is 5.88 Å². The van der Waals surface area contributed by atoms with Crippen LogP contribution in [0, 0.1) is 0 Å². The van der Waals surface area contributed by atoms with Crippen LogP contribution in [0.3, 0.4) is 0 Å². The Morgan fingerprint density at radius 3 is 2.61 bits per heavy atom. The van der Waals surface area contributed by atoms with Gasteiger partial charge in [-0.05, 0) is 26.7 Å². The Bertz CT molecular complexity index is 448. The molecule has 1 aromatic heterocycles. The van der Waals surface area contributed by atoms with Crippen LogP contribution in [0.1, 0.15) is 26.7 Å². The summed E-state index contributed by atoms with van der Waals surface area (Å²) in [6.45, 7) is 6.52. The number of piperidine rings is 1. The van der Waals surface area contributed by atoms with Gasteiger partial charge in [-0.25, -0.2) is 4.98 Å². The third kappa shape index (κ3) is 3.10. The van der Waals surface area contributed by atoms with Crippen LogP contribution in [0.4, 0.5) is 0 Å². The lowest BCUT2D eigenvalue weighted by Crippen LogP contribution is -2.42. The van der Waals surface area contributed by atoms with Crippen molar-refractivity contribution in [1.82, 2.24) is 14.5 Å². The van der Waals surface area contributed by atoms with Crippen molar-refractivity contribution in [3.8, 4) is 5.88 Å². The number of aryl methyl sites for hydroxylation is 1. The van der Waals surface area contributed by atoms with Gasteiger partial charge in [-0.2, -0.15) is 0 Å². The molecule has 2 rings (SSSR count). The Balaban J connectivity index is 1.91. The number of ether oxygens (including phenoxy) is 1. The Morgan fingerprint density at radius 2 is 2.06 bits per heavy atom. The van der Waals surface area contributed by atoms with E-state index < -0.39 is 0 Å². The zero-order valence-corrected chi connectivity index (χ0v) is 11.3. The lowest BCUT2D eigenvalue weighted by Gasteiger charge is -2.34. The van der Waals surface area contributed by atoms with Crippen LogP contribution < -0.4 is 10.3 Å². The van der Waals surface area contributed by atoms with Crippen LogP contribution in [0.15, 0.2) is 17.2 Å². The standard InChI is InChI=1S/C13H21N3O2/c1-10(2)16-6-4-11(5-7-16)18-12-8-13(17)15(3)9-14-12/h8-11H,4-7H2,1-3H3. The van der Waals surface area contributed by atoms with Crippen LogP contribution in [-0.4, -0.2) is 39.7 Å². The Hall–Kier alpha value is -1.36. The van der Waals surface area contributed by atoms with Crippen LogP contribution in [0.25, 0.3) is 0 Å². The molecule has 100 valence electrons. The van der Waals surface area contributed by atoms with E-state index in [1.54, 1.807) is 7.05 Å². The molecular formula is C13H21N3O2. The van der Waals surface area contributed by atoms with E-state index in [0.717, 1.165) is 25.9 Å². The Morgan fingerprint density at radius 1 is 1.39 bits per heavy atom. The summed E-state index contributed by atoms with van der Waals surface area (Å²) in [5.74, 6) is 0.445. The van der Waals surface area contributed by atoms with Crippen LogP contribution in [-0.2, 0) is 7.05 Å². The minimum Gasteiger partial charge on any atom is -0.474 e. The third-order valence-electron chi connectivity index (χ3n) is 3.45. The maximum atomic E-state index is 11.5. The van der Waals surface area contributed by atoms with Crippen molar-refractivity contribution in [2.24, 2.45) is 7.05 Å². The highest BCUT2D eigenvalue weighted by Gasteiger charge is 2.22. The monoisotopic (exact) mass is 251 g/mol. The molecule has 0 spiro atoms. The van der Waals surface area contributed by atoms with Crippen molar-refractivity contribution in [1.29, 1.82) is 0 Å². The molecule has 1 saturated heterocycles. The van der Waals surface area contributed by atoms with Crippen molar-refractivity contribution >= 4 is 0 Å². The molecule has 5 heteroatoms.